The standard InChI is InChI=1S/C8H16N4O2S2/c1-3-6(5-15-2)12-16(13,14)7-4-10-11-8(7)9/h4,6,12H,3,5H2,1-2H3,(H3,9,10,11). The number of hydrogen-bond donors (Lipinski definition) is 3. The highest BCUT2D eigenvalue weighted by atomic mass is 32.2. The summed E-state index contributed by atoms with van der Waals surface area (Å²) in [7, 11) is -3.56. The molecule has 1 unspecified atom stereocenters. The van der Waals surface area contributed by atoms with Crippen molar-refractivity contribution < 1.29 is 8.42 Å². The van der Waals surface area contributed by atoms with Crippen LogP contribution in [0.3, 0.4) is 0 Å². The van der Waals surface area contributed by atoms with Gasteiger partial charge in [-0.05, 0) is 12.7 Å². The summed E-state index contributed by atoms with van der Waals surface area (Å²) in [5.41, 5.74) is 5.48. The van der Waals surface area contributed by atoms with E-state index in [0.717, 1.165) is 12.2 Å². The molecule has 1 heterocycles. The second-order valence-corrected chi connectivity index (χ2v) is 5.92. The monoisotopic (exact) mass is 264 g/mol. The third-order valence-corrected chi connectivity index (χ3v) is 4.39. The molecule has 0 fully saturated rings. The van der Waals surface area contributed by atoms with Crippen molar-refractivity contribution in [3.63, 3.8) is 0 Å². The first kappa shape index (κ1) is 13.3. The number of nitrogens with one attached hydrogen (secondary N) is 2. The molecule has 1 rings (SSSR count). The van der Waals surface area contributed by atoms with Crippen LogP contribution >= 0.6 is 11.8 Å². The fourth-order valence-electron chi connectivity index (χ4n) is 1.22. The first-order valence-corrected chi connectivity index (χ1v) is 7.69. The molecule has 0 amide bonds. The zero-order chi connectivity index (χ0) is 12.2. The molecule has 1 atom stereocenters. The summed E-state index contributed by atoms with van der Waals surface area (Å²) >= 11 is 1.59. The van der Waals surface area contributed by atoms with Gasteiger partial charge in [0.1, 0.15) is 10.7 Å². The second-order valence-electron chi connectivity index (χ2n) is 3.33. The summed E-state index contributed by atoms with van der Waals surface area (Å²) in [5.74, 6) is 0.791. The van der Waals surface area contributed by atoms with Crippen LogP contribution in [0.15, 0.2) is 11.1 Å². The normalized spacial score (nSPS) is 13.9. The van der Waals surface area contributed by atoms with E-state index < -0.39 is 10.0 Å². The van der Waals surface area contributed by atoms with Crippen LogP contribution in [0.25, 0.3) is 0 Å². The van der Waals surface area contributed by atoms with Gasteiger partial charge in [-0.2, -0.15) is 16.9 Å². The van der Waals surface area contributed by atoms with Gasteiger partial charge in [-0.1, -0.05) is 6.92 Å². The van der Waals surface area contributed by atoms with Crippen LogP contribution < -0.4 is 10.5 Å². The Hall–Kier alpha value is -0.730. The summed E-state index contributed by atoms with van der Waals surface area (Å²) in [4.78, 5) is 0.00653. The van der Waals surface area contributed by atoms with E-state index in [0.29, 0.717) is 0 Å². The highest BCUT2D eigenvalue weighted by Crippen LogP contribution is 2.15. The van der Waals surface area contributed by atoms with E-state index in [4.69, 9.17) is 5.73 Å². The molecule has 6 nitrogen and oxygen atoms in total. The summed E-state index contributed by atoms with van der Waals surface area (Å²) in [5, 5.41) is 5.99. The maximum absolute atomic E-state index is 11.9. The number of H-pyrrole nitrogens is 1. The van der Waals surface area contributed by atoms with E-state index in [1.165, 1.54) is 6.20 Å². The smallest absolute Gasteiger partial charge is 0.246 e. The maximum Gasteiger partial charge on any atom is 0.246 e. The van der Waals surface area contributed by atoms with E-state index in [1.54, 1.807) is 11.8 Å². The predicted molar refractivity (Wildman–Crippen MR) is 65.8 cm³/mol. The minimum Gasteiger partial charge on any atom is -0.383 e. The van der Waals surface area contributed by atoms with Gasteiger partial charge in [0.2, 0.25) is 10.0 Å². The maximum atomic E-state index is 11.9. The number of nitrogens with zero attached hydrogens (tertiary/aromatic N) is 1. The third kappa shape index (κ3) is 3.13. The van der Waals surface area contributed by atoms with Gasteiger partial charge in [-0.15, -0.1) is 0 Å². The molecule has 92 valence electrons. The first-order valence-electron chi connectivity index (χ1n) is 4.81. The zero-order valence-electron chi connectivity index (χ0n) is 9.23. The quantitative estimate of drug-likeness (QED) is 0.691. The summed E-state index contributed by atoms with van der Waals surface area (Å²) < 4.78 is 26.4. The Kier molecular flexibility index (Phi) is 4.63. The number of nitrogen functional groups attached to an aromatic ring is 1. The van der Waals surface area contributed by atoms with E-state index in [1.807, 2.05) is 13.2 Å². The number of nitrogens with two attached hydrogens (primary N) is 1. The molecule has 0 aromatic carbocycles. The van der Waals surface area contributed by atoms with Crippen molar-refractivity contribution in [3.8, 4) is 0 Å². The minimum absolute atomic E-state index is 0.00653. The lowest BCUT2D eigenvalue weighted by Crippen LogP contribution is -2.36. The Morgan fingerprint density at radius 3 is 2.81 bits per heavy atom. The van der Waals surface area contributed by atoms with E-state index >= 15 is 0 Å². The fourth-order valence-corrected chi connectivity index (χ4v) is 3.39. The van der Waals surface area contributed by atoms with Gasteiger partial charge >= 0.3 is 0 Å². The SMILES string of the molecule is CCC(CSC)NS(=O)(=O)c1cn[nH]c1N. The Labute approximate surface area is 99.4 Å². The molecule has 4 N–H and O–H groups in total. The average molecular weight is 264 g/mol. The Bertz CT molecular complexity index is 429. The van der Waals surface area contributed by atoms with Crippen LogP contribution in [0.5, 0.6) is 0 Å². The fraction of sp³-hybridized carbons (Fsp3) is 0.625. The van der Waals surface area contributed by atoms with Crippen LogP contribution in [0.1, 0.15) is 13.3 Å². The lowest BCUT2D eigenvalue weighted by Gasteiger charge is -2.15. The molecule has 8 heteroatoms. The highest BCUT2D eigenvalue weighted by molar-refractivity contribution is 7.98. The van der Waals surface area contributed by atoms with Crippen molar-refractivity contribution in [2.24, 2.45) is 0 Å². The molecule has 0 bridgehead atoms. The van der Waals surface area contributed by atoms with Crippen LogP contribution in [0.4, 0.5) is 5.82 Å². The lowest BCUT2D eigenvalue weighted by molar-refractivity contribution is 0.558. The van der Waals surface area contributed by atoms with E-state index in [2.05, 4.69) is 14.9 Å². The third-order valence-electron chi connectivity index (χ3n) is 2.10. The molecule has 0 saturated carbocycles. The van der Waals surface area contributed by atoms with Gasteiger partial charge in [0.25, 0.3) is 0 Å². The van der Waals surface area contributed by atoms with Crippen molar-refractivity contribution in [1.29, 1.82) is 0 Å². The number of aromatic nitrogens is 2. The molecule has 0 aliphatic heterocycles. The van der Waals surface area contributed by atoms with E-state index in [9.17, 15) is 8.42 Å². The van der Waals surface area contributed by atoms with Crippen LogP contribution in [0, 0.1) is 0 Å². The molecular weight excluding hydrogens is 248 g/mol. The molecule has 0 aliphatic carbocycles. The molecule has 16 heavy (non-hydrogen) atoms. The van der Waals surface area contributed by atoms with Crippen molar-refractivity contribution in [1.82, 2.24) is 14.9 Å². The zero-order valence-corrected chi connectivity index (χ0v) is 10.9. The van der Waals surface area contributed by atoms with Gasteiger partial charge in [-0.25, -0.2) is 13.1 Å². The molecule has 1 aromatic heterocycles. The predicted octanol–water partition coefficient (Wildman–Crippen LogP) is 0.412. The summed E-state index contributed by atoms with van der Waals surface area (Å²) in [6.45, 7) is 1.93. The van der Waals surface area contributed by atoms with Gasteiger partial charge in [0.15, 0.2) is 0 Å². The molecule has 0 radical (unpaired) electrons. The summed E-state index contributed by atoms with van der Waals surface area (Å²) in [6, 6.07) is -0.0886. The molecular formula is C8H16N4O2S2. The second kappa shape index (κ2) is 5.55. The first-order chi connectivity index (χ1) is 7.51. The number of thioether (sulfide) groups is 1. The van der Waals surface area contributed by atoms with Crippen LogP contribution in [-0.2, 0) is 10.0 Å². The van der Waals surface area contributed by atoms with Gasteiger partial charge in [0, 0.05) is 11.8 Å². The van der Waals surface area contributed by atoms with Crippen molar-refractivity contribution in [2.75, 3.05) is 17.7 Å². The number of sulfonamides is 1. The van der Waals surface area contributed by atoms with Crippen LogP contribution in [-0.4, -0.2) is 36.7 Å². The molecule has 0 aliphatic rings. The number of hydrogen-bond acceptors (Lipinski definition) is 5. The summed E-state index contributed by atoms with van der Waals surface area (Å²) in [6.07, 6.45) is 3.88. The highest BCUT2D eigenvalue weighted by Gasteiger charge is 2.22. The Balaban J connectivity index is 2.83. The number of anilines is 1. The van der Waals surface area contributed by atoms with E-state index in [-0.39, 0.29) is 16.8 Å². The molecule has 1 aromatic rings. The van der Waals surface area contributed by atoms with Gasteiger partial charge < -0.3 is 5.73 Å². The topological polar surface area (TPSA) is 101 Å². The van der Waals surface area contributed by atoms with Crippen LogP contribution in [0.2, 0.25) is 0 Å². The van der Waals surface area contributed by atoms with Crippen molar-refractivity contribution >= 4 is 27.6 Å². The van der Waals surface area contributed by atoms with Crippen molar-refractivity contribution in [2.45, 2.75) is 24.3 Å². The van der Waals surface area contributed by atoms with Crippen molar-refractivity contribution in [3.05, 3.63) is 6.20 Å². The van der Waals surface area contributed by atoms with Gasteiger partial charge in [0.05, 0.1) is 6.20 Å². The number of rotatable bonds is 6. The molecule has 0 spiro atoms. The van der Waals surface area contributed by atoms with Gasteiger partial charge in [-0.3, -0.25) is 5.10 Å². The lowest BCUT2D eigenvalue weighted by atomic mass is 10.3. The Morgan fingerprint density at radius 2 is 2.38 bits per heavy atom. The molecule has 0 saturated heterocycles. The average Bonchev–Trinajstić information content (AvgIpc) is 2.64. The minimum atomic E-state index is -3.56. The number of aromatic amines is 1. The largest absolute Gasteiger partial charge is 0.383 e. The Morgan fingerprint density at radius 1 is 1.69 bits per heavy atom.